The van der Waals surface area contributed by atoms with Gasteiger partial charge in [0.25, 0.3) is 0 Å². The molecule has 1 amide bonds. The Labute approximate surface area is 138 Å². The second-order valence-corrected chi connectivity index (χ2v) is 6.95. The number of nitrogens with zero attached hydrogens (tertiary/aromatic N) is 1. The van der Waals surface area contributed by atoms with Crippen molar-refractivity contribution in [3.8, 4) is 0 Å². The van der Waals surface area contributed by atoms with Gasteiger partial charge in [-0.25, -0.2) is 12.8 Å². The largest absolute Gasteiger partial charge is 0.480 e. The van der Waals surface area contributed by atoms with Crippen LogP contribution in [0.25, 0.3) is 0 Å². The number of nitrogens with one attached hydrogen (secondary N) is 1. The van der Waals surface area contributed by atoms with E-state index in [4.69, 9.17) is 16.7 Å². The molecule has 0 spiro atoms. The summed E-state index contributed by atoms with van der Waals surface area (Å²) in [7, 11) is -4.37. The maximum absolute atomic E-state index is 13.3. The van der Waals surface area contributed by atoms with Gasteiger partial charge in [-0.2, -0.15) is 4.31 Å². The number of halogens is 2. The molecule has 0 fully saturated rings. The van der Waals surface area contributed by atoms with Gasteiger partial charge in [0.05, 0.1) is 5.02 Å². The van der Waals surface area contributed by atoms with Crippen LogP contribution in [-0.4, -0.2) is 48.8 Å². The standard InChI is InChI=1S/C13H16ClFN2O5S/c1-8(13(19)20)17(6-5-16-9(2)18)23(21,22)12-7-10(15)3-4-11(12)14/h3-4,7-8H,5-6H2,1-2H3,(H,16,18)(H,19,20). The monoisotopic (exact) mass is 366 g/mol. The Balaban J connectivity index is 3.24. The number of carboxylic acids is 1. The van der Waals surface area contributed by atoms with Crippen LogP contribution >= 0.6 is 11.6 Å². The van der Waals surface area contributed by atoms with Gasteiger partial charge in [-0.1, -0.05) is 11.6 Å². The molecule has 0 aliphatic rings. The normalized spacial score (nSPS) is 12.9. The summed E-state index contributed by atoms with van der Waals surface area (Å²) >= 11 is 5.80. The molecule has 1 aromatic rings. The highest BCUT2D eigenvalue weighted by Crippen LogP contribution is 2.26. The number of carbonyl (C=O) groups excluding carboxylic acids is 1. The van der Waals surface area contributed by atoms with Crippen LogP contribution in [0.5, 0.6) is 0 Å². The number of amides is 1. The summed E-state index contributed by atoms with van der Waals surface area (Å²) in [4.78, 5) is 21.5. The lowest BCUT2D eigenvalue weighted by Gasteiger charge is -2.26. The Morgan fingerprint density at radius 3 is 2.57 bits per heavy atom. The minimum Gasteiger partial charge on any atom is -0.480 e. The third kappa shape index (κ3) is 4.88. The molecule has 0 aromatic heterocycles. The van der Waals surface area contributed by atoms with Crippen molar-refractivity contribution in [1.29, 1.82) is 0 Å². The molecule has 1 atom stereocenters. The van der Waals surface area contributed by atoms with Crippen LogP contribution in [0.2, 0.25) is 5.02 Å². The zero-order valence-electron chi connectivity index (χ0n) is 12.4. The number of hydrogen-bond donors (Lipinski definition) is 2. The highest BCUT2D eigenvalue weighted by atomic mass is 35.5. The lowest BCUT2D eigenvalue weighted by Crippen LogP contribution is -2.46. The molecule has 0 radical (unpaired) electrons. The van der Waals surface area contributed by atoms with E-state index in [1.54, 1.807) is 0 Å². The van der Waals surface area contributed by atoms with Crippen LogP contribution in [0.1, 0.15) is 13.8 Å². The van der Waals surface area contributed by atoms with Crippen molar-refractivity contribution in [2.45, 2.75) is 24.8 Å². The zero-order chi connectivity index (χ0) is 17.8. The van der Waals surface area contributed by atoms with Crippen LogP contribution in [0.15, 0.2) is 23.1 Å². The minimum absolute atomic E-state index is 0.0981. The van der Waals surface area contributed by atoms with Gasteiger partial charge in [-0.3, -0.25) is 9.59 Å². The summed E-state index contributed by atoms with van der Waals surface area (Å²) in [5.41, 5.74) is 0. The van der Waals surface area contributed by atoms with E-state index < -0.39 is 38.7 Å². The van der Waals surface area contributed by atoms with Gasteiger partial charge in [-0.15, -0.1) is 0 Å². The molecular weight excluding hydrogens is 351 g/mol. The Bertz CT molecular complexity index is 710. The number of benzene rings is 1. The molecule has 23 heavy (non-hydrogen) atoms. The summed E-state index contributed by atoms with van der Waals surface area (Å²) in [6.45, 7) is 2.01. The third-order valence-electron chi connectivity index (χ3n) is 2.98. The van der Waals surface area contributed by atoms with Gasteiger partial charge in [0, 0.05) is 20.0 Å². The lowest BCUT2D eigenvalue weighted by molar-refractivity contribution is -0.140. The predicted molar refractivity (Wildman–Crippen MR) is 81.1 cm³/mol. The first-order valence-electron chi connectivity index (χ1n) is 6.51. The van der Waals surface area contributed by atoms with Crippen LogP contribution < -0.4 is 5.32 Å². The van der Waals surface area contributed by atoms with E-state index in [1.807, 2.05) is 0 Å². The molecule has 1 aromatic carbocycles. The molecule has 1 unspecified atom stereocenters. The summed E-state index contributed by atoms with van der Waals surface area (Å²) < 4.78 is 39.2. The molecule has 0 saturated carbocycles. The molecule has 0 aliphatic carbocycles. The van der Waals surface area contributed by atoms with Crippen LogP contribution in [0.3, 0.4) is 0 Å². The van der Waals surface area contributed by atoms with Crippen LogP contribution in [0, 0.1) is 5.82 Å². The second-order valence-electron chi connectivity index (χ2n) is 4.69. The van der Waals surface area contributed by atoms with Crippen molar-refractivity contribution in [2.24, 2.45) is 0 Å². The third-order valence-corrected chi connectivity index (χ3v) is 5.43. The first-order chi connectivity index (χ1) is 10.6. The quantitative estimate of drug-likeness (QED) is 0.751. The summed E-state index contributed by atoms with van der Waals surface area (Å²) in [5.74, 6) is -2.60. The molecule has 1 rings (SSSR count). The Hall–Kier alpha value is -1.71. The number of hydrogen-bond acceptors (Lipinski definition) is 4. The first kappa shape index (κ1) is 19.3. The Morgan fingerprint density at radius 2 is 2.04 bits per heavy atom. The van der Waals surface area contributed by atoms with Crippen molar-refractivity contribution in [3.63, 3.8) is 0 Å². The van der Waals surface area contributed by atoms with Crippen molar-refractivity contribution < 1.29 is 27.5 Å². The van der Waals surface area contributed by atoms with E-state index >= 15 is 0 Å². The van der Waals surface area contributed by atoms with E-state index in [9.17, 15) is 22.4 Å². The highest BCUT2D eigenvalue weighted by molar-refractivity contribution is 7.89. The Morgan fingerprint density at radius 1 is 1.43 bits per heavy atom. The minimum atomic E-state index is -4.37. The van der Waals surface area contributed by atoms with Crippen molar-refractivity contribution >= 4 is 33.5 Å². The molecular formula is C13H16ClFN2O5S. The molecule has 0 bridgehead atoms. The molecule has 0 saturated heterocycles. The van der Waals surface area contributed by atoms with Crippen LogP contribution in [0.4, 0.5) is 4.39 Å². The van der Waals surface area contributed by atoms with Gasteiger partial charge in [0.1, 0.15) is 16.8 Å². The van der Waals surface area contributed by atoms with E-state index in [2.05, 4.69) is 5.32 Å². The van der Waals surface area contributed by atoms with Gasteiger partial charge >= 0.3 is 5.97 Å². The maximum Gasteiger partial charge on any atom is 0.321 e. The van der Waals surface area contributed by atoms with Crippen molar-refractivity contribution in [2.75, 3.05) is 13.1 Å². The topological polar surface area (TPSA) is 104 Å². The fourth-order valence-electron chi connectivity index (χ4n) is 1.79. The predicted octanol–water partition coefficient (Wildman–Crippen LogP) is 1.08. The summed E-state index contributed by atoms with van der Waals surface area (Å²) in [6, 6.07) is 1.36. The van der Waals surface area contributed by atoms with E-state index in [1.165, 1.54) is 13.8 Å². The number of carbonyl (C=O) groups is 2. The summed E-state index contributed by atoms with van der Waals surface area (Å²) in [6.07, 6.45) is 0. The van der Waals surface area contributed by atoms with Gasteiger partial charge in [0.2, 0.25) is 15.9 Å². The van der Waals surface area contributed by atoms with Crippen molar-refractivity contribution in [3.05, 3.63) is 29.0 Å². The number of rotatable bonds is 7. The average molecular weight is 367 g/mol. The van der Waals surface area contributed by atoms with Gasteiger partial charge in [0.15, 0.2) is 0 Å². The summed E-state index contributed by atoms with van der Waals surface area (Å²) in [5, 5.41) is 11.2. The maximum atomic E-state index is 13.3. The lowest BCUT2D eigenvalue weighted by atomic mass is 10.3. The van der Waals surface area contributed by atoms with Gasteiger partial charge in [-0.05, 0) is 25.1 Å². The first-order valence-corrected chi connectivity index (χ1v) is 8.33. The number of aliphatic carboxylic acids is 1. The van der Waals surface area contributed by atoms with Gasteiger partial charge < -0.3 is 10.4 Å². The smallest absolute Gasteiger partial charge is 0.321 e. The molecule has 0 heterocycles. The molecule has 128 valence electrons. The van der Waals surface area contributed by atoms with Crippen molar-refractivity contribution in [1.82, 2.24) is 9.62 Å². The fourth-order valence-corrected chi connectivity index (χ4v) is 3.87. The molecule has 7 nitrogen and oxygen atoms in total. The van der Waals surface area contributed by atoms with Crippen LogP contribution in [-0.2, 0) is 19.6 Å². The Kier molecular flexibility index (Phi) is 6.48. The SMILES string of the molecule is CC(=O)NCCN(C(C)C(=O)O)S(=O)(=O)c1cc(F)ccc1Cl. The molecule has 2 N–H and O–H groups in total. The fraction of sp³-hybridized carbons (Fsp3) is 0.385. The van der Waals surface area contributed by atoms with E-state index in [0.29, 0.717) is 4.31 Å². The second kappa shape index (κ2) is 7.71. The van der Waals surface area contributed by atoms with E-state index in [0.717, 1.165) is 18.2 Å². The zero-order valence-corrected chi connectivity index (χ0v) is 14.0. The molecule has 0 aliphatic heterocycles. The number of sulfonamides is 1. The average Bonchev–Trinajstić information content (AvgIpc) is 2.44. The highest BCUT2D eigenvalue weighted by Gasteiger charge is 2.34. The number of carboxylic acid groups (broad SMARTS) is 1. The van der Waals surface area contributed by atoms with E-state index in [-0.39, 0.29) is 18.1 Å². The molecule has 10 heteroatoms.